The molecule has 0 aliphatic heterocycles. The van der Waals surface area contributed by atoms with Gasteiger partial charge in [-0.1, -0.05) is 36.4 Å². The minimum Gasteiger partial charge on any atom is -0.312 e. The maximum atomic E-state index is 11.9. The molecule has 1 heterocycles. The van der Waals surface area contributed by atoms with Gasteiger partial charge in [0.25, 0.3) is 0 Å². The Morgan fingerprint density at radius 2 is 1.79 bits per heavy atom. The third-order valence-corrected chi connectivity index (χ3v) is 5.13. The van der Waals surface area contributed by atoms with E-state index in [9.17, 15) is 4.79 Å². The highest BCUT2D eigenvalue weighted by atomic mass is 16.1. The summed E-state index contributed by atoms with van der Waals surface area (Å²) >= 11 is 0. The van der Waals surface area contributed by atoms with Crippen LogP contribution in [0.3, 0.4) is 0 Å². The Bertz CT molecular complexity index is 713. The lowest BCUT2D eigenvalue weighted by Gasteiger charge is -2.45. The van der Waals surface area contributed by atoms with Gasteiger partial charge in [0.15, 0.2) is 0 Å². The molecule has 1 aromatic carbocycles. The van der Waals surface area contributed by atoms with Crippen molar-refractivity contribution in [3.05, 3.63) is 53.7 Å². The molecule has 1 aliphatic rings. The third-order valence-electron chi connectivity index (χ3n) is 5.13. The first kappa shape index (κ1) is 16.8. The maximum absolute atomic E-state index is 11.9. The van der Waals surface area contributed by atoms with Gasteiger partial charge in [-0.05, 0) is 32.8 Å². The number of rotatable bonds is 5. The van der Waals surface area contributed by atoms with Crippen LogP contribution in [0, 0.1) is 0 Å². The van der Waals surface area contributed by atoms with Crippen molar-refractivity contribution in [2.75, 3.05) is 21.1 Å². The van der Waals surface area contributed by atoms with Crippen molar-refractivity contribution in [3.8, 4) is 11.3 Å². The summed E-state index contributed by atoms with van der Waals surface area (Å²) in [5.41, 5.74) is 3.46. The highest BCUT2D eigenvalue weighted by Gasteiger charge is 2.45. The van der Waals surface area contributed by atoms with E-state index in [0.29, 0.717) is 0 Å². The molecule has 126 valence electrons. The van der Waals surface area contributed by atoms with Gasteiger partial charge in [-0.25, -0.2) is 0 Å². The van der Waals surface area contributed by atoms with Gasteiger partial charge < -0.3 is 20.7 Å². The normalized spacial score (nSPS) is 22.0. The predicted molar refractivity (Wildman–Crippen MR) is 95.7 cm³/mol. The highest BCUT2D eigenvalue weighted by molar-refractivity contribution is 5.68. The van der Waals surface area contributed by atoms with Gasteiger partial charge in [0, 0.05) is 12.0 Å². The Morgan fingerprint density at radius 3 is 2.38 bits per heavy atom. The lowest BCUT2D eigenvalue weighted by molar-refractivity contribution is -0.111. The molecule has 0 radical (unpaired) electrons. The molecule has 3 N–H and O–H groups in total. The molecule has 3 rings (SSSR count). The van der Waals surface area contributed by atoms with Crippen molar-refractivity contribution in [1.82, 2.24) is 20.9 Å². The van der Waals surface area contributed by atoms with Crippen molar-refractivity contribution in [2.24, 2.45) is 0 Å². The fourth-order valence-corrected chi connectivity index (χ4v) is 3.68. The Hall–Kier alpha value is -2.08. The number of carbonyl (C=O) groups is 1. The number of hydrogen-bond donors (Lipinski definition) is 3. The van der Waals surface area contributed by atoms with Gasteiger partial charge in [0.05, 0.1) is 29.0 Å². The van der Waals surface area contributed by atoms with Crippen LogP contribution in [0.1, 0.15) is 29.6 Å². The SMILES string of the molecule is CNC1CC(NC)(NC)C(C=O)c2ccc(-c3ccccc3)nc21. The number of aldehydes is 1. The molecule has 0 amide bonds. The largest absolute Gasteiger partial charge is 0.312 e. The Labute approximate surface area is 142 Å². The number of hydrogen-bond acceptors (Lipinski definition) is 5. The highest BCUT2D eigenvalue weighted by Crippen LogP contribution is 2.41. The number of fused-ring (bicyclic) bond motifs is 1. The van der Waals surface area contributed by atoms with Crippen LogP contribution in [0.15, 0.2) is 42.5 Å². The summed E-state index contributed by atoms with van der Waals surface area (Å²) < 4.78 is 0. The van der Waals surface area contributed by atoms with E-state index in [1.807, 2.05) is 51.5 Å². The summed E-state index contributed by atoms with van der Waals surface area (Å²) in [5.74, 6) is -0.288. The van der Waals surface area contributed by atoms with Crippen LogP contribution in [0.4, 0.5) is 0 Å². The van der Waals surface area contributed by atoms with E-state index < -0.39 is 5.66 Å². The van der Waals surface area contributed by atoms with Crippen molar-refractivity contribution in [3.63, 3.8) is 0 Å². The van der Waals surface area contributed by atoms with Crippen LogP contribution in [-0.4, -0.2) is 38.1 Å². The summed E-state index contributed by atoms with van der Waals surface area (Å²) in [5, 5.41) is 9.97. The molecule has 5 nitrogen and oxygen atoms in total. The van der Waals surface area contributed by atoms with Crippen molar-refractivity contribution >= 4 is 6.29 Å². The average molecular weight is 324 g/mol. The smallest absolute Gasteiger partial charge is 0.130 e. The topological polar surface area (TPSA) is 66.0 Å². The molecule has 0 saturated heterocycles. The molecule has 2 unspecified atom stereocenters. The monoisotopic (exact) mass is 324 g/mol. The summed E-state index contributed by atoms with van der Waals surface area (Å²) in [6, 6.07) is 14.2. The van der Waals surface area contributed by atoms with Crippen molar-refractivity contribution in [1.29, 1.82) is 0 Å². The second-order valence-electron chi connectivity index (χ2n) is 6.17. The average Bonchev–Trinajstić information content (AvgIpc) is 2.66. The number of benzene rings is 1. The summed E-state index contributed by atoms with van der Waals surface area (Å²) in [4.78, 5) is 16.8. The zero-order valence-electron chi connectivity index (χ0n) is 14.3. The van der Waals surface area contributed by atoms with Gasteiger partial charge in [0.1, 0.15) is 6.29 Å². The number of nitrogens with one attached hydrogen (secondary N) is 3. The molecule has 24 heavy (non-hydrogen) atoms. The zero-order chi connectivity index (χ0) is 17.2. The number of aromatic nitrogens is 1. The van der Waals surface area contributed by atoms with Gasteiger partial charge in [0.2, 0.25) is 0 Å². The summed E-state index contributed by atoms with van der Waals surface area (Å²) in [7, 11) is 5.70. The molecule has 0 fully saturated rings. The molecule has 1 aromatic heterocycles. The van der Waals surface area contributed by atoms with E-state index in [1.54, 1.807) is 0 Å². The number of nitrogens with zero attached hydrogens (tertiary/aromatic N) is 1. The molecule has 1 aliphatic carbocycles. The Kier molecular flexibility index (Phi) is 4.76. The molecule has 0 bridgehead atoms. The number of likely N-dealkylation sites (N-methyl/N-ethyl adjacent to an activating group) is 2. The van der Waals surface area contributed by atoms with Crippen LogP contribution >= 0.6 is 0 Å². The number of carbonyl (C=O) groups excluding carboxylic acids is 1. The molecular weight excluding hydrogens is 300 g/mol. The number of pyridine rings is 1. The maximum Gasteiger partial charge on any atom is 0.130 e. The molecule has 0 saturated carbocycles. The van der Waals surface area contributed by atoms with Crippen LogP contribution in [0.25, 0.3) is 11.3 Å². The minimum atomic E-state index is -0.474. The van der Waals surface area contributed by atoms with E-state index >= 15 is 0 Å². The van der Waals surface area contributed by atoms with Gasteiger partial charge in [-0.2, -0.15) is 0 Å². The first-order valence-electron chi connectivity index (χ1n) is 8.25. The Balaban J connectivity index is 2.13. The lowest BCUT2D eigenvalue weighted by Crippen LogP contribution is -2.62. The quantitative estimate of drug-likeness (QED) is 0.578. The Morgan fingerprint density at radius 1 is 1.08 bits per heavy atom. The minimum absolute atomic E-state index is 0.0692. The predicted octanol–water partition coefficient (Wildman–Crippen LogP) is 1.83. The third kappa shape index (κ3) is 2.65. The van der Waals surface area contributed by atoms with E-state index in [0.717, 1.165) is 35.2 Å². The summed E-state index contributed by atoms with van der Waals surface area (Å²) in [6.45, 7) is 0. The fraction of sp³-hybridized carbons (Fsp3) is 0.368. The zero-order valence-corrected chi connectivity index (χ0v) is 14.3. The van der Waals surface area contributed by atoms with E-state index in [1.165, 1.54) is 0 Å². The standard InChI is InChI=1S/C19H24N4O/c1-20-17-11-19(21-2,22-3)15(12-24)14-9-10-16(23-18(14)17)13-7-5-4-6-8-13/h4-10,12,15,17,20-22H,11H2,1-3H3. The van der Waals surface area contributed by atoms with Crippen LogP contribution in [-0.2, 0) is 4.79 Å². The first-order valence-corrected chi connectivity index (χ1v) is 8.25. The van der Waals surface area contributed by atoms with E-state index in [-0.39, 0.29) is 12.0 Å². The van der Waals surface area contributed by atoms with Crippen LogP contribution in [0.2, 0.25) is 0 Å². The van der Waals surface area contributed by atoms with Crippen molar-refractivity contribution in [2.45, 2.75) is 24.0 Å². The van der Waals surface area contributed by atoms with E-state index in [2.05, 4.69) is 28.1 Å². The van der Waals surface area contributed by atoms with Gasteiger partial charge in [-0.15, -0.1) is 0 Å². The first-order chi connectivity index (χ1) is 11.7. The summed E-state index contributed by atoms with van der Waals surface area (Å²) in [6.07, 6.45) is 1.75. The molecule has 2 atom stereocenters. The van der Waals surface area contributed by atoms with Gasteiger partial charge >= 0.3 is 0 Å². The lowest BCUT2D eigenvalue weighted by atomic mass is 9.74. The molecular formula is C19H24N4O. The second kappa shape index (κ2) is 6.81. The molecule has 0 spiro atoms. The van der Waals surface area contributed by atoms with E-state index in [4.69, 9.17) is 4.98 Å². The van der Waals surface area contributed by atoms with Crippen molar-refractivity contribution < 1.29 is 4.79 Å². The van der Waals surface area contributed by atoms with Crippen LogP contribution < -0.4 is 16.0 Å². The molecule has 5 heteroatoms. The van der Waals surface area contributed by atoms with Gasteiger partial charge in [-0.3, -0.25) is 4.98 Å². The fourth-order valence-electron chi connectivity index (χ4n) is 3.68. The van der Waals surface area contributed by atoms with Crippen LogP contribution in [0.5, 0.6) is 0 Å². The molecule has 2 aromatic rings. The second-order valence-corrected chi connectivity index (χ2v) is 6.17.